The van der Waals surface area contributed by atoms with E-state index in [4.69, 9.17) is 37.9 Å². The van der Waals surface area contributed by atoms with Gasteiger partial charge in [0.05, 0.1) is 95.2 Å². The van der Waals surface area contributed by atoms with Crippen molar-refractivity contribution in [1.82, 2.24) is 61.9 Å². The maximum atomic E-state index is 13.8. The lowest BCUT2D eigenvalue weighted by molar-refractivity contribution is -0.272. The van der Waals surface area contributed by atoms with Gasteiger partial charge in [-0.2, -0.15) is 8.78 Å². The van der Waals surface area contributed by atoms with E-state index < -0.39 is 166 Å². The van der Waals surface area contributed by atoms with Gasteiger partial charge in [-0.25, -0.2) is 22.8 Å². The fourth-order valence-electron chi connectivity index (χ4n) is 12.5. The Bertz CT molecular complexity index is 4250. The number of hydrogen-bond acceptors (Lipinski definition) is 28. The van der Waals surface area contributed by atoms with Crippen LogP contribution in [0.25, 0.3) is 0 Å². The zero-order valence-electron chi connectivity index (χ0n) is 69.1. The predicted molar refractivity (Wildman–Crippen MR) is 432 cm³/mol. The number of carbonyl (C=O) groups is 7. The smallest absolute Gasteiger partial charge is 0.325 e. The number of aryl methyl sites for hydroxylation is 4. The van der Waals surface area contributed by atoms with Crippen LogP contribution >= 0.6 is 15.2 Å². The fraction of sp³-hybridized carbons (Fsp3) is 0.623. The monoisotopic (exact) mass is 1840 g/mol. The molecule has 42 nitrogen and oxygen atoms in total. The number of carbonyl (C=O) groups excluding carboxylic acids is 7. The van der Waals surface area contributed by atoms with Crippen LogP contribution in [0.1, 0.15) is 127 Å². The van der Waals surface area contributed by atoms with Crippen LogP contribution in [0.4, 0.5) is 42.9 Å². The number of aliphatic hydroxyl groups is 6. The lowest BCUT2D eigenvalue weighted by Gasteiger charge is -2.40. The van der Waals surface area contributed by atoms with E-state index in [0.29, 0.717) is 121 Å². The van der Waals surface area contributed by atoms with Gasteiger partial charge in [0.25, 0.3) is 0 Å². The molecule has 0 unspecified atom stereocenters. The predicted octanol–water partition coefficient (Wildman–Crippen LogP) is 2.25. The summed E-state index contributed by atoms with van der Waals surface area (Å²) < 4.78 is 142. The molecule has 18 N–H and O–H groups in total. The van der Waals surface area contributed by atoms with Gasteiger partial charge >= 0.3 is 33.2 Å². The number of ether oxygens (including phenoxy) is 9. The Hall–Kier alpha value is -9.10. The molecule has 2 saturated heterocycles. The molecule has 7 rings (SSSR count). The molecule has 126 heavy (non-hydrogen) atoms. The highest BCUT2D eigenvalue weighted by Gasteiger charge is 2.47. The van der Waals surface area contributed by atoms with Crippen LogP contribution in [0.2, 0.25) is 0 Å². The molecule has 3 aromatic carbocycles. The third-order valence-electron chi connectivity index (χ3n) is 19.3. The lowest BCUT2D eigenvalue weighted by Crippen LogP contribution is -2.59. The number of anilines is 2. The Labute approximate surface area is 721 Å². The van der Waals surface area contributed by atoms with Crippen molar-refractivity contribution in [3.05, 3.63) is 101 Å². The van der Waals surface area contributed by atoms with E-state index in [-0.39, 0.29) is 134 Å². The highest BCUT2D eigenvalue weighted by Crippen LogP contribution is 2.39. The summed E-state index contributed by atoms with van der Waals surface area (Å²) in [5, 5.41) is 101. The number of aromatic nitrogens is 6. The van der Waals surface area contributed by atoms with Crippen molar-refractivity contribution in [2.75, 3.05) is 109 Å². The van der Waals surface area contributed by atoms with Gasteiger partial charge in [-0.05, 0) is 151 Å². The van der Waals surface area contributed by atoms with E-state index in [0.717, 1.165) is 11.4 Å². The van der Waals surface area contributed by atoms with E-state index in [1.807, 2.05) is 12.4 Å². The second-order valence-corrected chi connectivity index (χ2v) is 33.0. The first-order valence-corrected chi connectivity index (χ1v) is 44.8. The summed E-state index contributed by atoms with van der Waals surface area (Å²) in [6.45, 7) is 2.74. The minimum absolute atomic E-state index is 0.00132. The fourth-order valence-corrected chi connectivity index (χ4v) is 13.7. The minimum Gasteiger partial charge on any atom is -0.462 e. The first-order chi connectivity index (χ1) is 60.2. The second-order valence-electron chi connectivity index (χ2n) is 29.5. The highest BCUT2D eigenvalue weighted by molar-refractivity contribution is 7.52. The van der Waals surface area contributed by atoms with Gasteiger partial charge < -0.3 is 135 Å². The van der Waals surface area contributed by atoms with Gasteiger partial charge in [0.1, 0.15) is 54.2 Å². The number of rotatable bonds is 59. The van der Waals surface area contributed by atoms with Gasteiger partial charge in [-0.15, -0.1) is 10.2 Å². The van der Waals surface area contributed by atoms with Crippen LogP contribution in [0.3, 0.4) is 0 Å². The van der Waals surface area contributed by atoms with E-state index in [1.54, 1.807) is 9.36 Å². The number of nitrogens with one attached hydrogen (secondary N) is 8. The van der Waals surface area contributed by atoms with E-state index >= 15 is 0 Å². The van der Waals surface area contributed by atoms with Crippen LogP contribution in [0.5, 0.6) is 17.2 Å². The molecule has 0 aliphatic carbocycles. The molecular formula is C77H113F5N14O28P2. The molecule has 4 heterocycles. The highest BCUT2D eigenvalue weighted by atomic mass is 31.2. The number of esters is 1. The van der Waals surface area contributed by atoms with Crippen LogP contribution in [-0.2, 0) is 87.5 Å². The summed E-state index contributed by atoms with van der Waals surface area (Å²) in [6.07, 6.45) is -6.00. The Morgan fingerprint density at radius 3 is 1.29 bits per heavy atom. The van der Waals surface area contributed by atoms with Crippen molar-refractivity contribution in [3.63, 3.8) is 0 Å². The van der Waals surface area contributed by atoms with Gasteiger partial charge in [0.15, 0.2) is 0 Å². The van der Waals surface area contributed by atoms with Crippen molar-refractivity contribution in [3.8, 4) is 17.2 Å². The molecular weight excluding hydrogens is 1730 g/mol. The van der Waals surface area contributed by atoms with Gasteiger partial charge in [-0.3, -0.25) is 42.5 Å². The number of nitrogens with zero attached hydrogens (tertiary/aromatic N) is 6. The van der Waals surface area contributed by atoms with E-state index in [2.05, 4.69) is 67.9 Å². The number of urea groups is 2. The maximum absolute atomic E-state index is 13.8. The molecule has 2 aliphatic heterocycles. The van der Waals surface area contributed by atoms with Crippen molar-refractivity contribution < 1.29 is 157 Å². The summed E-state index contributed by atoms with van der Waals surface area (Å²) in [6, 6.07) is 10.0. The molecule has 49 heteroatoms. The summed E-state index contributed by atoms with van der Waals surface area (Å²) in [5.41, 5.74) is 2.31. The Morgan fingerprint density at radius 2 is 0.841 bits per heavy atom. The summed E-state index contributed by atoms with van der Waals surface area (Å²) in [5.74, 6) is -15.4. The number of amides is 8. The number of unbranched alkanes of at least 4 members (excludes halogenated alkanes) is 5. The summed E-state index contributed by atoms with van der Waals surface area (Å²) in [7, 11) is -8.87. The third kappa shape index (κ3) is 38.8. The summed E-state index contributed by atoms with van der Waals surface area (Å²) >= 11 is 0. The molecule has 0 saturated carbocycles. The molecule has 2 fully saturated rings. The van der Waals surface area contributed by atoms with Crippen molar-refractivity contribution in [2.45, 2.75) is 209 Å². The summed E-state index contributed by atoms with van der Waals surface area (Å²) in [4.78, 5) is 126. The topological polar surface area (TPSA) is 597 Å². The second kappa shape index (κ2) is 54.9. The lowest BCUT2D eigenvalue weighted by atomic mass is 9.97. The molecule has 11 atom stereocenters. The third-order valence-corrected chi connectivity index (χ3v) is 21.0. The van der Waals surface area contributed by atoms with Crippen LogP contribution in [0.15, 0.2) is 60.9 Å². The Kier molecular flexibility index (Phi) is 45.3. The molecule has 704 valence electrons. The number of halogens is 5. The van der Waals surface area contributed by atoms with Crippen LogP contribution in [0, 0.1) is 29.1 Å². The standard InChI is InChI=1S/C77H113F5N14O28P2/c78-61-62(79)64(81)72(65(82)63(61)80)124-60(100)26-36-116-38-40-118-42-43-119-41-39-117-37-33-85-73(107)54(14-3-8-29-83-57(97)15-4-9-34-95-46-50(91-93-95)12-1-6-30-86-76(108)88-48-18-22-52(23-19-48)120-74-70(105)68(103)66(101)55(122-74)27-44-125(110,111)112)90-59(99)17-11-32-84-58(98)16-5-10-35-96-47-51(92-94-96)13-2-7-31-87-77(109)89-49-20-24-53(25-21-49)121-75-71(106)69(104)67(102)56(123-75)28-45-126(113,114)115/h18-25,46-47,54-56,66-71,74-75,101-106H,1-17,26-45H2,(H,83,97)(H,84,98)(H,85,107)(H,90,99)(H2,86,88,108)(H2,87,89,109)(H2,110,111,112)(H2,113,114,115)/t54-,55+,56+,66+,67+,68-,69-,70-,71-,74-,75-/m0/s1. The zero-order chi connectivity index (χ0) is 91.6. The number of hydrogen-bond donors (Lipinski definition) is 18. The quantitative estimate of drug-likeness (QED) is 0.00505. The minimum atomic E-state index is -4.43. The molecule has 0 radical (unpaired) electrons. The SMILES string of the molecule is O=C(CCCCn1cc(CCCCNC(=O)Nc2ccc(O[C@H]3O[C@H](CCP(=O)(O)O)[C@@H](O)[C@H](O)[C@@H]3O)cc2)nn1)NCCCC[C@H](NC(=O)CCCNC(=O)CCCCn1cc(CCCCNC(=O)Nc2ccc(O[C@H]3O[C@H](CCP(=O)(O)O)[C@@H](O)[C@H](O)[C@@H]3O)cc2)nn1)C(=O)NCCOCCOCCOCCOCCC(=O)Oc1c(F)c(F)c(F)c(F)c1F. The zero-order valence-corrected chi connectivity index (χ0v) is 70.9. The first-order valence-electron chi connectivity index (χ1n) is 41.2. The maximum Gasteiger partial charge on any atom is 0.325 e. The van der Waals surface area contributed by atoms with Gasteiger partial charge in [0, 0.05) is 88.8 Å². The molecule has 5 aromatic rings. The van der Waals surface area contributed by atoms with Crippen molar-refractivity contribution in [1.29, 1.82) is 0 Å². The van der Waals surface area contributed by atoms with Crippen molar-refractivity contribution in [2.24, 2.45) is 0 Å². The van der Waals surface area contributed by atoms with Gasteiger partial charge in [-0.1, -0.05) is 10.4 Å². The van der Waals surface area contributed by atoms with E-state index in [1.165, 1.54) is 48.5 Å². The molecule has 0 spiro atoms. The van der Waals surface area contributed by atoms with Gasteiger partial charge in [0.2, 0.25) is 71.0 Å². The molecule has 2 aliphatic rings. The average molecular weight is 1840 g/mol. The number of benzene rings is 3. The van der Waals surface area contributed by atoms with Crippen LogP contribution in [-0.4, -0.2) is 287 Å². The normalized spacial score (nSPS) is 19.1. The Morgan fingerprint density at radius 1 is 0.437 bits per heavy atom. The first kappa shape index (κ1) is 104. The van der Waals surface area contributed by atoms with Crippen LogP contribution < -0.4 is 56.7 Å². The molecule has 2 aromatic heterocycles. The molecule has 8 amide bonds. The number of aliphatic hydroxyl groups excluding tert-OH is 6. The van der Waals surface area contributed by atoms with Crippen molar-refractivity contribution >= 4 is 68.2 Å². The molecule has 0 bridgehead atoms. The Balaban J connectivity index is 0.722. The average Bonchev–Trinajstić information content (AvgIpc) is 1.25. The van der Waals surface area contributed by atoms with E-state index in [9.17, 15) is 115 Å². The largest absolute Gasteiger partial charge is 0.462 e.